The van der Waals surface area contributed by atoms with Crippen molar-refractivity contribution >= 4 is 5.91 Å². The molecular formula is C9H16N2O2. The van der Waals surface area contributed by atoms with Crippen LogP contribution < -0.4 is 10.6 Å². The Hall–Kier alpha value is -0.610. The number of carbonyl (C=O) groups is 1. The molecule has 2 rings (SSSR count). The van der Waals surface area contributed by atoms with E-state index >= 15 is 0 Å². The molecule has 0 spiro atoms. The molecule has 0 aromatic heterocycles. The van der Waals surface area contributed by atoms with Crippen molar-refractivity contribution in [3.05, 3.63) is 0 Å². The Labute approximate surface area is 78.0 Å². The molecule has 1 amide bonds. The van der Waals surface area contributed by atoms with Crippen molar-refractivity contribution in [2.45, 2.75) is 18.9 Å². The van der Waals surface area contributed by atoms with E-state index in [4.69, 9.17) is 4.74 Å². The standard InChI is InChI=1S/C9H16N2O2/c12-9(11-5-7-1-2-7)8-6-10-3-4-13-8/h7-8,10H,1-6H2,(H,11,12)/t8-/m1/s1. The maximum Gasteiger partial charge on any atom is 0.250 e. The van der Waals surface area contributed by atoms with Gasteiger partial charge in [0, 0.05) is 19.6 Å². The quantitative estimate of drug-likeness (QED) is 0.622. The molecule has 0 aromatic rings. The number of hydrogen-bond donors (Lipinski definition) is 2. The first-order valence-corrected chi connectivity index (χ1v) is 4.96. The van der Waals surface area contributed by atoms with Gasteiger partial charge in [-0.3, -0.25) is 4.79 Å². The minimum absolute atomic E-state index is 0.0408. The van der Waals surface area contributed by atoms with E-state index in [9.17, 15) is 4.79 Å². The second-order valence-electron chi connectivity index (χ2n) is 3.75. The van der Waals surface area contributed by atoms with Crippen molar-refractivity contribution in [2.75, 3.05) is 26.2 Å². The summed E-state index contributed by atoms with van der Waals surface area (Å²) in [6.45, 7) is 2.98. The molecule has 1 heterocycles. The van der Waals surface area contributed by atoms with Gasteiger partial charge in [-0.2, -0.15) is 0 Å². The highest BCUT2D eigenvalue weighted by Gasteiger charge is 2.25. The molecule has 4 heteroatoms. The van der Waals surface area contributed by atoms with E-state index in [1.54, 1.807) is 0 Å². The van der Waals surface area contributed by atoms with Crippen LogP contribution in [0, 0.1) is 5.92 Å². The van der Waals surface area contributed by atoms with Gasteiger partial charge in [0.25, 0.3) is 0 Å². The fraction of sp³-hybridized carbons (Fsp3) is 0.889. The van der Waals surface area contributed by atoms with Gasteiger partial charge in [-0.15, -0.1) is 0 Å². The summed E-state index contributed by atoms with van der Waals surface area (Å²) >= 11 is 0. The molecule has 74 valence electrons. The number of hydrogen-bond acceptors (Lipinski definition) is 3. The molecule has 13 heavy (non-hydrogen) atoms. The lowest BCUT2D eigenvalue weighted by atomic mass is 10.3. The Balaban J connectivity index is 1.67. The van der Waals surface area contributed by atoms with Crippen LogP contribution in [0.2, 0.25) is 0 Å². The van der Waals surface area contributed by atoms with Crippen LogP contribution >= 0.6 is 0 Å². The van der Waals surface area contributed by atoms with Crippen molar-refractivity contribution in [2.24, 2.45) is 5.92 Å². The molecule has 2 fully saturated rings. The van der Waals surface area contributed by atoms with Gasteiger partial charge in [-0.1, -0.05) is 0 Å². The predicted molar refractivity (Wildman–Crippen MR) is 48.3 cm³/mol. The number of ether oxygens (including phenoxy) is 1. The summed E-state index contributed by atoms with van der Waals surface area (Å²) < 4.78 is 5.32. The lowest BCUT2D eigenvalue weighted by Gasteiger charge is -2.22. The van der Waals surface area contributed by atoms with E-state index in [2.05, 4.69) is 10.6 Å². The molecular weight excluding hydrogens is 168 g/mol. The Morgan fingerprint density at radius 3 is 3.00 bits per heavy atom. The zero-order valence-corrected chi connectivity index (χ0v) is 7.71. The summed E-state index contributed by atoms with van der Waals surface area (Å²) in [7, 11) is 0. The van der Waals surface area contributed by atoms with Gasteiger partial charge in [-0.05, 0) is 18.8 Å². The first-order chi connectivity index (χ1) is 6.36. The van der Waals surface area contributed by atoms with Crippen LogP contribution in [-0.4, -0.2) is 38.3 Å². The number of rotatable bonds is 3. The molecule has 1 atom stereocenters. The largest absolute Gasteiger partial charge is 0.366 e. The summed E-state index contributed by atoms with van der Waals surface area (Å²) in [5.41, 5.74) is 0. The van der Waals surface area contributed by atoms with Gasteiger partial charge < -0.3 is 15.4 Å². The van der Waals surface area contributed by atoms with E-state index < -0.39 is 0 Å². The normalized spacial score (nSPS) is 28.5. The van der Waals surface area contributed by atoms with Crippen LogP contribution in [0.1, 0.15) is 12.8 Å². The third kappa shape index (κ3) is 2.67. The Morgan fingerprint density at radius 2 is 2.38 bits per heavy atom. The van der Waals surface area contributed by atoms with Crippen LogP contribution in [-0.2, 0) is 9.53 Å². The van der Waals surface area contributed by atoms with Crippen molar-refractivity contribution in [3.63, 3.8) is 0 Å². The van der Waals surface area contributed by atoms with Crippen LogP contribution in [0.4, 0.5) is 0 Å². The third-order valence-electron chi connectivity index (χ3n) is 2.48. The zero-order chi connectivity index (χ0) is 9.10. The molecule has 2 N–H and O–H groups in total. The smallest absolute Gasteiger partial charge is 0.250 e. The molecule has 0 bridgehead atoms. The minimum Gasteiger partial charge on any atom is -0.366 e. The van der Waals surface area contributed by atoms with Gasteiger partial charge in [-0.25, -0.2) is 0 Å². The molecule has 1 aliphatic heterocycles. The Bertz CT molecular complexity index is 186. The molecule has 0 unspecified atom stereocenters. The van der Waals surface area contributed by atoms with Crippen molar-refractivity contribution in [1.29, 1.82) is 0 Å². The van der Waals surface area contributed by atoms with Crippen molar-refractivity contribution in [3.8, 4) is 0 Å². The number of amides is 1. The zero-order valence-electron chi connectivity index (χ0n) is 7.71. The average Bonchev–Trinajstić information content (AvgIpc) is 2.99. The second kappa shape index (κ2) is 4.07. The predicted octanol–water partition coefficient (Wildman–Crippen LogP) is -0.499. The maximum absolute atomic E-state index is 11.5. The molecule has 4 nitrogen and oxygen atoms in total. The first-order valence-electron chi connectivity index (χ1n) is 4.96. The summed E-state index contributed by atoms with van der Waals surface area (Å²) in [5, 5.41) is 6.04. The highest BCUT2D eigenvalue weighted by molar-refractivity contribution is 5.81. The molecule has 0 radical (unpaired) electrons. The van der Waals surface area contributed by atoms with Crippen LogP contribution in [0.3, 0.4) is 0 Å². The van der Waals surface area contributed by atoms with Gasteiger partial charge in [0.2, 0.25) is 5.91 Å². The summed E-state index contributed by atoms with van der Waals surface area (Å²) in [6.07, 6.45) is 2.26. The van der Waals surface area contributed by atoms with Crippen molar-refractivity contribution in [1.82, 2.24) is 10.6 Å². The van der Waals surface area contributed by atoms with Gasteiger partial charge in [0.1, 0.15) is 6.10 Å². The topological polar surface area (TPSA) is 50.4 Å². The monoisotopic (exact) mass is 184 g/mol. The number of nitrogens with one attached hydrogen (secondary N) is 2. The molecule has 0 aromatic carbocycles. The van der Waals surface area contributed by atoms with Gasteiger partial charge in [0.05, 0.1) is 6.61 Å². The SMILES string of the molecule is O=C(NCC1CC1)[C@H]1CNCCO1. The average molecular weight is 184 g/mol. The van der Waals surface area contributed by atoms with E-state index in [-0.39, 0.29) is 12.0 Å². The fourth-order valence-electron chi connectivity index (χ4n) is 1.41. The van der Waals surface area contributed by atoms with Crippen LogP contribution in [0.5, 0.6) is 0 Å². The van der Waals surface area contributed by atoms with Crippen LogP contribution in [0.15, 0.2) is 0 Å². The Kier molecular flexibility index (Phi) is 2.80. The lowest BCUT2D eigenvalue weighted by Crippen LogP contribution is -2.48. The van der Waals surface area contributed by atoms with E-state index in [1.807, 2.05) is 0 Å². The first kappa shape index (κ1) is 8.97. The molecule has 1 saturated carbocycles. The van der Waals surface area contributed by atoms with Gasteiger partial charge >= 0.3 is 0 Å². The maximum atomic E-state index is 11.5. The van der Waals surface area contributed by atoms with Crippen molar-refractivity contribution < 1.29 is 9.53 Å². The fourth-order valence-corrected chi connectivity index (χ4v) is 1.41. The highest BCUT2D eigenvalue weighted by atomic mass is 16.5. The number of morpholine rings is 1. The van der Waals surface area contributed by atoms with Crippen LogP contribution in [0.25, 0.3) is 0 Å². The molecule has 2 aliphatic rings. The van der Waals surface area contributed by atoms with E-state index in [1.165, 1.54) is 12.8 Å². The third-order valence-corrected chi connectivity index (χ3v) is 2.48. The summed E-state index contributed by atoms with van der Waals surface area (Å²) in [6, 6.07) is 0. The number of carbonyl (C=O) groups excluding carboxylic acids is 1. The van der Waals surface area contributed by atoms with Gasteiger partial charge in [0.15, 0.2) is 0 Å². The molecule has 1 saturated heterocycles. The Morgan fingerprint density at radius 1 is 1.54 bits per heavy atom. The second-order valence-corrected chi connectivity index (χ2v) is 3.75. The summed E-state index contributed by atoms with van der Waals surface area (Å²) in [4.78, 5) is 11.5. The highest BCUT2D eigenvalue weighted by Crippen LogP contribution is 2.27. The molecule has 1 aliphatic carbocycles. The van der Waals surface area contributed by atoms with E-state index in [0.29, 0.717) is 13.2 Å². The summed E-state index contributed by atoms with van der Waals surface area (Å²) in [5.74, 6) is 0.777. The van der Waals surface area contributed by atoms with E-state index in [0.717, 1.165) is 19.0 Å². The minimum atomic E-state index is -0.271. The lowest BCUT2D eigenvalue weighted by molar-refractivity contribution is -0.134.